The zero-order chi connectivity index (χ0) is 14.7. The summed E-state index contributed by atoms with van der Waals surface area (Å²) in [6.45, 7) is 1.78. The van der Waals surface area contributed by atoms with E-state index in [0.29, 0.717) is 34.5 Å². The van der Waals surface area contributed by atoms with Crippen molar-refractivity contribution < 1.29 is 18.7 Å². The summed E-state index contributed by atoms with van der Waals surface area (Å²) in [5, 5.41) is 3.82. The Morgan fingerprint density at radius 1 is 1.10 bits per heavy atom. The number of hydrogen-bond donors (Lipinski definition) is 1. The molecule has 2 N–H and O–H groups in total. The fourth-order valence-corrected chi connectivity index (χ4v) is 1.74. The number of benzene rings is 1. The highest BCUT2D eigenvalue weighted by molar-refractivity contribution is 5.65. The molecular weight excluding hydrogens is 262 g/mol. The molecule has 0 bridgehead atoms. The molecule has 20 heavy (non-hydrogen) atoms. The number of hydrogen-bond acceptors (Lipinski definition) is 7. The summed E-state index contributed by atoms with van der Waals surface area (Å²) in [5.41, 5.74) is 6.37. The molecule has 0 aliphatic carbocycles. The highest BCUT2D eigenvalue weighted by atomic mass is 16.5. The summed E-state index contributed by atoms with van der Waals surface area (Å²) < 4.78 is 21.0. The number of methoxy groups -OCH3 is 3. The molecule has 2 rings (SSSR count). The van der Waals surface area contributed by atoms with Crippen LogP contribution in [0.1, 0.15) is 18.8 Å². The molecule has 0 fully saturated rings. The molecule has 0 aliphatic rings. The first-order valence-electron chi connectivity index (χ1n) is 6.00. The van der Waals surface area contributed by atoms with Gasteiger partial charge in [-0.1, -0.05) is 5.16 Å². The van der Waals surface area contributed by atoms with Crippen molar-refractivity contribution in [2.75, 3.05) is 21.3 Å². The van der Waals surface area contributed by atoms with Crippen LogP contribution >= 0.6 is 0 Å². The fraction of sp³-hybridized carbons (Fsp3) is 0.385. The molecule has 2 aromatic rings. The maximum atomic E-state index is 5.71. The molecular formula is C13H17N3O4. The SMILES string of the molecule is COc1cc(-c2nc(C(C)N)no2)cc(OC)c1OC. The summed E-state index contributed by atoms with van der Waals surface area (Å²) in [7, 11) is 4.63. The third kappa shape index (κ3) is 2.53. The minimum Gasteiger partial charge on any atom is -0.493 e. The van der Waals surface area contributed by atoms with Crippen LogP contribution in [-0.2, 0) is 0 Å². The Labute approximate surface area is 116 Å². The molecule has 0 saturated heterocycles. The van der Waals surface area contributed by atoms with E-state index < -0.39 is 0 Å². The van der Waals surface area contributed by atoms with Crippen LogP contribution in [-0.4, -0.2) is 31.5 Å². The predicted molar refractivity (Wildman–Crippen MR) is 72.0 cm³/mol. The monoisotopic (exact) mass is 279 g/mol. The average molecular weight is 279 g/mol. The van der Waals surface area contributed by atoms with Crippen molar-refractivity contribution in [2.24, 2.45) is 5.73 Å². The van der Waals surface area contributed by atoms with E-state index in [1.165, 1.54) is 0 Å². The molecule has 0 amide bonds. The first-order valence-corrected chi connectivity index (χ1v) is 6.00. The lowest BCUT2D eigenvalue weighted by molar-refractivity contribution is 0.324. The molecule has 0 aliphatic heterocycles. The lowest BCUT2D eigenvalue weighted by atomic mass is 10.2. The van der Waals surface area contributed by atoms with E-state index in [2.05, 4.69) is 10.1 Å². The second-order valence-corrected chi connectivity index (χ2v) is 4.16. The Morgan fingerprint density at radius 2 is 1.70 bits per heavy atom. The summed E-state index contributed by atoms with van der Waals surface area (Å²) in [4.78, 5) is 4.23. The zero-order valence-corrected chi connectivity index (χ0v) is 11.8. The highest BCUT2D eigenvalue weighted by Crippen LogP contribution is 2.40. The Morgan fingerprint density at radius 3 is 2.10 bits per heavy atom. The van der Waals surface area contributed by atoms with Crippen molar-refractivity contribution in [3.05, 3.63) is 18.0 Å². The quantitative estimate of drug-likeness (QED) is 0.891. The second-order valence-electron chi connectivity index (χ2n) is 4.16. The van der Waals surface area contributed by atoms with Gasteiger partial charge in [-0.15, -0.1) is 0 Å². The van der Waals surface area contributed by atoms with E-state index >= 15 is 0 Å². The fourth-order valence-electron chi connectivity index (χ4n) is 1.74. The van der Waals surface area contributed by atoms with Crippen LogP contribution < -0.4 is 19.9 Å². The predicted octanol–water partition coefficient (Wildman–Crippen LogP) is 1.78. The van der Waals surface area contributed by atoms with Crippen molar-refractivity contribution in [2.45, 2.75) is 13.0 Å². The summed E-state index contributed by atoms with van der Waals surface area (Å²) in [6.07, 6.45) is 0. The van der Waals surface area contributed by atoms with Crippen LogP contribution in [0.25, 0.3) is 11.5 Å². The molecule has 1 unspecified atom stereocenters. The van der Waals surface area contributed by atoms with E-state index in [1.54, 1.807) is 40.4 Å². The molecule has 0 spiro atoms. The molecule has 0 saturated carbocycles. The van der Waals surface area contributed by atoms with E-state index in [9.17, 15) is 0 Å². The topological polar surface area (TPSA) is 92.6 Å². The van der Waals surface area contributed by atoms with Gasteiger partial charge in [-0.05, 0) is 19.1 Å². The molecule has 1 atom stereocenters. The highest BCUT2D eigenvalue weighted by Gasteiger charge is 2.18. The largest absolute Gasteiger partial charge is 0.493 e. The van der Waals surface area contributed by atoms with E-state index in [4.69, 9.17) is 24.5 Å². The van der Waals surface area contributed by atoms with Crippen molar-refractivity contribution in [3.8, 4) is 28.7 Å². The molecule has 1 aromatic heterocycles. The van der Waals surface area contributed by atoms with E-state index in [1.807, 2.05) is 0 Å². The van der Waals surface area contributed by atoms with Crippen LogP contribution in [0, 0.1) is 0 Å². The van der Waals surface area contributed by atoms with Crippen LogP contribution in [0.3, 0.4) is 0 Å². The van der Waals surface area contributed by atoms with Gasteiger partial charge < -0.3 is 24.5 Å². The van der Waals surface area contributed by atoms with Gasteiger partial charge in [0.25, 0.3) is 5.89 Å². The number of aromatic nitrogens is 2. The average Bonchev–Trinajstić information content (AvgIpc) is 2.95. The third-order valence-electron chi connectivity index (χ3n) is 2.76. The Hall–Kier alpha value is -2.28. The maximum absolute atomic E-state index is 5.71. The molecule has 7 heteroatoms. The number of rotatable bonds is 5. The van der Waals surface area contributed by atoms with Crippen LogP contribution in [0.15, 0.2) is 16.7 Å². The van der Waals surface area contributed by atoms with Crippen LogP contribution in [0.4, 0.5) is 0 Å². The van der Waals surface area contributed by atoms with Crippen molar-refractivity contribution in [3.63, 3.8) is 0 Å². The smallest absolute Gasteiger partial charge is 0.258 e. The van der Waals surface area contributed by atoms with E-state index in [-0.39, 0.29) is 6.04 Å². The molecule has 1 heterocycles. The molecule has 1 aromatic carbocycles. The van der Waals surface area contributed by atoms with Gasteiger partial charge in [-0.2, -0.15) is 4.98 Å². The Bertz CT molecular complexity index is 570. The summed E-state index contributed by atoms with van der Waals surface area (Å²) in [6, 6.07) is 3.18. The van der Waals surface area contributed by atoms with E-state index in [0.717, 1.165) is 0 Å². The lowest BCUT2D eigenvalue weighted by Crippen LogP contribution is -2.06. The number of nitrogens with zero attached hydrogens (tertiary/aromatic N) is 2. The zero-order valence-electron chi connectivity index (χ0n) is 11.8. The molecule has 108 valence electrons. The first-order chi connectivity index (χ1) is 9.60. The third-order valence-corrected chi connectivity index (χ3v) is 2.76. The van der Waals surface area contributed by atoms with Crippen molar-refractivity contribution >= 4 is 0 Å². The van der Waals surface area contributed by atoms with Gasteiger partial charge in [-0.3, -0.25) is 0 Å². The standard InChI is InChI=1S/C13H17N3O4/c1-7(14)12-15-13(20-16-12)8-5-9(17-2)11(19-4)10(6-8)18-3/h5-7H,14H2,1-4H3. The van der Waals surface area contributed by atoms with Gasteiger partial charge >= 0.3 is 0 Å². The van der Waals surface area contributed by atoms with Gasteiger partial charge in [0.1, 0.15) is 0 Å². The Balaban J connectivity index is 2.50. The number of nitrogens with two attached hydrogens (primary N) is 1. The molecule has 7 nitrogen and oxygen atoms in total. The minimum atomic E-state index is -0.297. The lowest BCUT2D eigenvalue weighted by Gasteiger charge is -2.12. The van der Waals surface area contributed by atoms with Crippen LogP contribution in [0.5, 0.6) is 17.2 Å². The number of ether oxygens (including phenoxy) is 3. The van der Waals surface area contributed by atoms with Gasteiger partial charge in [0.2, 0.25) is 5.75 Å². The maximum Gasteiger partial charge on any atom is 0.258 e. The Kier molecular flexibility index (Phi) is 4.09. The van der Waals surface area contributed by atoms with Crippen molar-refractivity contribution in [1.29, 1.82) is 0 Å². The molecule has 0 radical (unpaired) electrons. The van der Waals surface area contributed by atoms with Gasteiger partial charge in [0.05, 0.1) is 27.4 Å². The van der Waals surface area contributed by atoms with Gasteiger partial charge in [0, 0.05) is 5.56 Å². The van der Waals surface area contributed by atoms with Gasteiger partial charge in [-0.25, -0.2) is 0 Å². The van der Waals surface area contributed by atoms with Gasteiger partial charge in [0.15, 0.2) is 17.3 Å². The summed E-state index contributed by atoms with van der Waals surface area (Å²) in [5.74, 6) is 2.32. The normalized spacial score (nSPS) is 12.1. The minimum absolute atomic E-state index is 0.297. The first kappa shape index (κ1) is 14.1. The van der Waals surface area contributed by atoms with Crippen LogP contribution in [0.2, 0.25) is 0 Å². The summed E-state index contributed by atoms with van der Waals surface area (Å²) >= 11 is 0. The van der Waals surface area contributed by atoms with Crippen molar-refractivity contribution in [1.82, 2.24) is 10.1 Å². The second kappa shape index (κ2) is 5.79.